The standard InChI is InChI=1S/C24H24O12/c1-10(26)33-23-22(31)21(30)19(9-25)36-24(23)35-15-4-3-11(5-17(15)32-2)16-8-14(29)20-13(28)6-12(27)7-18(20)34-16/h3-8,19,21-25,27-28,30-31H,9H2,1-2H3. The third-order valence-electron chi connectivity index (χ3n) is 5.61. The van der Waals surface area contributed by atoms with Gasteiger partial charge in [0.1, 0.15) is 46.5 Å². The first-order chi connectivity index (χ1) is 17.1. The van der Waals surface area contributed by atoms with Gasteiger partial charge in [-0.25, -0.2) is 0 Å². The highest BCUT2D eigenvalue weighted by Gasteiger charge is 2.47. The van der Waals surface area contributed by atoms with Gasteiger partial charge in [0.25, 0.3) is 0 Å². The van der Waals surface area contributed by atoms with E-state index in [9.17, 15) is 35.1 Å². The van der Waals surface area contributed by atoms with Gasteiger partial charge < -0.3 is 48.9 Å². The van der Waals surface area contributed by atoms with Crippen molar-refractivity contribution >= 4 is 16.9 Å². The van der Waals surface area contributed by atoms with Crippen molar-refractivity contribution in [1.82, 2.24) is 0 Å². The van der Waals surface area contributed by atoms with Gasteiger partial charge in [0, 0.05) is 30.7 Å². The van der Waals surface area contributed by atoms with Crippen molar-refractivity contribution < 1.29 is 53.7 Å². The Morgan fingerprint density at radius 1 is 1.06 bits per heavy atom. The van der Waals surface area contributed by atoms with E-state index in [1.807, 2.05) is 0 Å². The molecule has 1 fully saturated rings. The Hall–Kier alpha value is -3.84. The summed E-state index contributed by atoms with van der Waals surface area (Å²) < 4.78 is 27.5. The molecule has 3 aromatic rings. The molecule has 1 aromatic heterocycles. The molecule has 5 atom stereocenters. The quantitative estimate of drug-likeness (QED) is 0.295. The molecule has 12 nitrogen and oxygen atoms in total. The number of carbonyl (C=O) groups excluding carboxylic acids is 1. The molecule has 4 rings (SSSR count). The second kappa shape index (κ2) is 10.0. The summed E-state index contributed by atoms with van der Waals surface area (Å²) in [6.45, 7) is 0.480. The largest absolute Gasteiger partial charge is 0.508 e. The fourth-order valence-corrected chi connectivity index (χ4v) is 3.91. The number of fused-ring (bicyclic) bond motifs is 1. The molecular formula is C24H24O12. The normalized spacial score (nSPS) is 23.9. The van der Waals surface area contributed by atoms with Gasteiger partial charge in [-0.15, -0.1) is 0 Å². The van der Waals surface area contributed by atoms with E-state index in [0.717, 1.165) is 13.0 Å². The number of carbonyl (C=O) groups is 1. The SMILES string of the molecule is COc1cc(-c2cc(=O)c3c(O)cc(O)cc3o2)ccc1OC1OC(CO)C(O)C(O)C1OC(C)=O. The van der Waals surface area contributed by atoms with Gasteiger partial charge >= 0.3 is 5.97 Å². The van der Waals surface area contributed by atoms with Crippen LogP contribution < -0.4 is 14.9 Å². The Morgan fingerprint density at radius 3 is 2.47 bits per heavy atom. The number of ether oxygens (including phenoxy) is 4. The zero-order chi connectivity index (χ0) is 26.1. The molecule has 1 saturated heterocycles. The molecule has 0 spiro atoms. The summed E-state index contributed by atoms with van der Waals surface area (Å²) in [4.78, 5) is 24.1. The third kappa shape index (κ3) is 4.79. The number of benzene rings is 2. The Morgan fingerprint density at radius 2 is 1.81 bits per heavy atom. The summed E-state index contributed by atoms with van der Waals surface area (Å²) in [6, 6.07) is 7.82. The highest BCUT2D eigenvalue weighted by Crippen LogP contribution is 2.37. The molecule has 1 aliphatic heterocycles. The van der Waals surface area contributed by atoms with Crippen LogP contribution in [-0.2, 0) is 14.3 Å². The number of phenols is 2. The zero-order valence-electron chi connectivity index (χ0n) is 19.2. The molecule has 1 aliphatic rings. The first-order valence-corrected chi connectivity index (χ1v) is 10.8. The smallest absolute Gasteiger partial charge is 0.303 e. The highest BCUT2D eigenvalue weighted by atomic mass is 16.7. The molecule has 5 N–H and O–H groups in total. The van der Waals surface area contributed by atoms with Crippen LogP contribution in [0.2, 0.25) is 0 Å². The Bertz CT molecular complexity index is 1330. The lowest BCUT2D eigenvalue weighted by Crippen LogP contribution is -2.61. The Balaban J connectivity index is 1.69. The number of rotatable bonds is 6. The number of aromatic hydroxyl groups is 2. The van der Waals surface area contributed by atoms with Crippen LogP contribution in [0.25, 0.3) is 22.3 Å². The van der Waals surface area contributed by atoms with Gasteiger partial charge in [-0.2, -0.15) is 0 Å². The minimum atomic E-state index is -1.60. The van der Waals surface area contributed by atoms with Crippen LogP contribution in [0.3, 0.4) is 0 Å². The van der Waals surface area contributed by atoms with E-state index in [1.165, 1.54) is 37.4 Å². The number of hydrogen-bond acceptors (Lipinski definition) is 12. The maximum absolute atomic E-state index is 12.5. The highest BCUT2D eigenvalue weighted by molar-refractivity contribution is 5.86. The molecule has 0 radical (unpaired) electrons. The van der Waals surface area contributed by atoms with E-state index in [2.05, 4.69) is 0 Å². The number of methoxy groups -OCH3 is 1. The van der Waals surface area contributed by atoms with E-state index >= 15 is 0 Å². The van der Waals surface area contributed by atoms with Crippen LogP contribution in [0.1, 0.15) is 6.92 Å². The molecule has 36 heavy (non-hydrogen) atoms. The number of aliphatic hydroxyl groups excluding tert-OH is 3. The predicted molar refractivity (Wildman–Crippen MR) is 122 cm³/mol. The maximum Gasteiger partial charge on any atom is 0.303 e. The lowest BCUT2D eigenvalue weighted by Gasteiger charge is -2.41. The van der Waals surface area contributed by atoms with E-state index < -0.39 is 54.5 Å². The number of hydrogen-bond donors (Lipinski definition) is 5. The maximum atomic E-state index is 12.5. The predicted octanol–water partition coefficient (Wildman–Crippen LogP) is 0.629. The second-order valence-electron chi connectivity index (χ2n) is 8.08. The van der Waals surface area contributed by atoms with Crippen LogP contribution in [-0.4, -0.2) is 75.9 Å². The summed E-state index contributed by atoms with van der Waals surface area (Å²) in [6.07, 6.45) is -7.16. The third-order valence-corrected chi connectivity index (χ3v) is 5.61. The van der Waals surface area contributed by atoms with Gasteiger partial charge in [0.2, 0.25) is 6.29 Å². The van der Waals surface area contributed by atoms with Gasteiger partial charge in [-0.1, -0.05) is 0 Å². The average molecular weight is 504 g/mol. The zero-order valence-corrected chi connectivity index (χ0v) is 19.2. The van der Waals surface area contributed by atoms with Crippen molar-refractivity contribution in [3.05, 3.63) is 46.6 Å². The van der Waals surface area contributed by atoms with Crippen LogP contribution in [0.5, 0.6) is 23.0 Å². The van der Waals surface area contributed by atoms with E-state index in [1.54, 1.807) is 0 Å². The van der Waals surface area contributed by atoms with E-state index in [0.29, 0.717) is 5.56 Å². The number of esters is 1. The van der Waals surface area contributed by atoms with Crippen molar-refractivity contribution in [2.45, 2.75) is 37.6 Å². The monoisotopic (exact) mass is 504 g/mol. The average Bonchev–Trinajstić information content (AvgIpc) is 2.82. The summed E-state index contributed by atoms with van der Waals surface area (Å²) in [5, 5.41) is 49.6. The molecule has 0 bridgehead atoms. The van der Waals surface area contributed by atoms with Crippen LogP contribution >= 0.6 is 0 Å². The lowest BCUT2D eigenvalue weighted by molar-refractivity contribution is -0.282. The number of phenolic OH excluding ortho intramolecular Hbond substituents is 2. The van der Waals surface area contributed by atoms with Crippen molar-refractivity contribution in [1.29, 1.82) is 0 Å². The molecule has 192 valence electrons. The van der Waals surface area contributed by atoms with Crippen molar-refractivity contribution in [3.8, 4) is 34.3 Å². The van der Waals surface area contributed by atoms with Crippen LogP contribution in [0, 0.1) is 0 Å². The first-order valence-electron chi connectivity index (χ1n) is 10.8. The van der Waals surface area contributed by atoms with E-state index in [-0.39, 0.29) is 34.0 Å². The minimum Gasteiger partial charge on any atom is -0.508 e. The molecule has 2 aromatic carbocycles. The van der Waals surface area contributed by atoms with Gasteiger partial charge in [-0.05, 0) is 18.2 Å². The molecule has 12 heteroatoms. The summed E-state index contributed by atoms with van der Waals surface area (Å²) in [5.74, 6) is -1.13. The molecule has 0 aliphatic carbocycles. The number of aliphatic hydroxyl groups is 3. The van der Waals surface area contributed by atoms with Crippen LogP contribution in [0.4, 0.5) is 0 Å². The first kappa shape index (κ1) is 25.3. The second-order valence-corrected chi connectivity index (χ2v) is 8.08. The van der Waals surface area contributed by atoms with Gasteiger partial charge in [-0.3, -0.25) is 9.59 Å². The van der Waals surface area contributed by atoms with Crippen molar-refractivity contribution in [2.75, 3.05) is 13.7 Å². The van der Waals surface area contributed by atoms with Gasteiger partial charge in [0.15, 0.2) is 23.0 Å². The molecule has 5 unspecified atom stereocenters. The van der Waals surface area contributed by atoms with E-state index in [4.69, 9.17) is 23.4 Å². The minimum absolute atomic E-state index is 0.0308. The van der Waals surface area contributed by atoms with Crippen molar-refractivity contribution in [2.24, 2.45) is 0 Å². The Kier molecular flexibility index (Phi) is 7.04. The molecule has 2 heterocycles. The fraction of sp³-hybridized carbons (Fsp3) is 0.333. The van der Waals surface area contributed by atoms with Gasteiger partial charge in [0.05, 0.1) is 13.7 Å². The Labute approximate surface area is 203 Å². The lowest BCUT2D eigenvalue weighted by atomic mass is 9.99. The summed E-state index contributed by atoms with van der Waals surface area (Å²) in [7, 11) is 1.35. The summed E-state index contributed by atoms with van der Waals surface area (Å²) >= 11 is 0. The van der Waals surface area contributed by atoms with Crippen molar-refractivity contribution in [3.63, 3.8) is 0 Å². The summed E-state index contributed by atoms with van der Waals surface area (Å²) in [5.41, 5.74) is -0.187. The molecular weight excluding hydrogens is 480 g/mol. The molecule has 0 saturated carbocycles. The fourth-order valence-electron chi connectivity index (χ4n) is 3.91. The molecule has 0 amide bonds. The topological polar surface area (TPSA) is 185 Å². The van der Waals surface area contributed by atoms with Crippen LogP contribution in [0.15, 0.2) is 45.6 Å².